The number of nitrogens with two attached hydrogens (primary N) is 1. The lowest BCUT2D eigenvalue weighted by atomic mass is 10.3. The lowest BCUT2D eigenvalue weighted by Gasteiger charge is -2.20. The van der Waals surface area contributed by atoms with E-state index in [1.807, 2.05) is 14.1 Å². The van der Waals surface area contributed by atoms with Gasteiger partial charge in [-0.3, -0.25) is 9.48 Å². The smallest absolute Gasteiger partial charge is 0.225 e. The van der Waals surface area contributed by atoms with Gasteiger partial charge >= 0.3 is 0 Å². The van der Waals surface area contributed by atoms with E-state index in [9.17, 15) is 4.79 Å². The Hall–Kier alpha value is -1.56. The summed E-state index contributed by atoms with van der Waals surface area (Å²) < 4.78 is 1.76. The fraction of sp³-hybridized carbons (Fsp3) is 0.636. The fourth-order valence-electron chi connectivity index (χ4n) is 1.76. The zero-order valence-electron chi connectivity index (χ0n) is 10.7. The Bertz CT molecular complexity index is 374. The predicted molar refractivity (Wildman–Crippen MR) is 69.1 cm³/mol. The molecule has 6 nitrogen and oxygen atoms in total. The molecule has 1 aromatic heterocycles. The summed E-state index contributed by atoms with van der Waals surface area (Å²) in [5.41, 5.74) is 6.08. The van der Waals surface area contributed by atoms with Gasteiger partial charge < -0.3 is 16.0 Å². The van der Waals surface area contributed by atoms with Crippen LogP contribution in [-0.4, -0.2) is 35.8 Å². The molecule has 0 aliphatic carbocycles. The Morgan fingerprint density at radius 1 is 1.65 bits per heavy atom. The summed E-state index contributed by atoms with van der Waals surface area (Å²) in [6, 6.07) is 0. The lowest BCUT2D eigenvalue weighted by Crippen LogP contribution is -2.23. The largest absolute Gasteiger partial charge is 0.358 e. The van der Waals surface area contributed by atoms with Crippen molar-refractivity contribution in [1.29, 1.82) is 0 Å². The Balaban J connectivity index is 2.82. The van der Waals surface area contributed by atoms with Crippen LogP contribution in [0.5, 0.6) is 0 Å². The molecule has 3 N–H and O–H groups in total. The lowest BCUT2D eigenvalue weighted by molar-refractivity contribution is -0.116. The number of nitrogens with zero attached hydrogens (tertiary/aromatic N) is 3. The third kappa shape index (κ3) is 3.45. The molecule has 0 aliphatic heterocycles. The topological polar surface area (TPSA) is 76.2 Å². The second kappa shape index (κ2) is 6.24. The van der Waals surface area contributed by atoms with Gasteiger partial charge in [-0.05, 0) is 6.42 Å². The van der Waals surface area contributed by atoms with E-state index >= 15 is 0 Å². The van der Waals surface area contributed by atoms with E-state index in [1.165, 1.54) is 0 Å². The summed E-state index contributed by atoms with van der Waals surface area (Å²) in [7, 11) is 3.85. The van der Waals surface area contributed by atoms with Crippen molar-refractivity contribution >= 4 is 17.4 Å². The fourth-order valence-corrected chi connectivity index (χ4v) is 1.76. The van der Waals surface area contributed by atoms with Gasteiger partial charge in [-0.25, -0.2) is 0 Å². The van der Waals surface area contributed by atoms with Gasteiger partial charge in [0.2, 0.25) is 5.91 Å². The predicted octanol–water partition coefficient (Wildman–Crippen LogP) is 0.554. The first-order chi connectivity index (χ1) is 8.10. The summed E-state index contributed by atoms with van der Waals surface area (Å²) in [5, 5.41) is 6.99. The van der Waals surface area contributed by atoms with Crippen molar-refractivity contribution in [2.45, 2.75) is 19.8 Å². The van der Waals surface area contributed by atoms with Crippen LogP contribution in [0.1, 0.15) is 19.8 Å². The third-order valence-electron chi connectivity index (χ3n) is 2.47. The molecule has 1 heterocycles. The number of amides is 1. The van der Waals surface area contributed by atoms with Gasteiger partial charge in [-0.15, -0.1) is 0 Å². The number of aryl methyl sites for hydroxylation is 1. The van der Waals surface area contributed by atoms with Crippen molar-refractivity contribution in [2.24, 2.45) is 12.8 Å². The second-order valence-corrected chi connectivity index (χ2v) is 4.01. The Labute approximate surface area is 102 Å². The number of hydrogen-bond acceptors (Lipinski definition) is 4. The van der Waals surface area contributed by atoms with E-state index in [-0.39, 0.29) is 5.91 Å². The molecule has 1 aromatic rings. The summed E-state index contributed by atoms with van der Waals surface area (Å²) in [6.45, 7) is 3.38. The molecule has 0 unspecified atom stereocenters. The molecule has 0 aromatic carbocycles. The molecule has 0 aliphatic rings. The third-order valence-corrected chi connectivity index (χ3v) is 2.47. The van der Waals surface area contributed by atoms with Gasteiger partial charge in [0.1, 0.15) is 11.5 Å². The first-order valence-electron chi connectivity index (χ1n) is 5.83. The second-order valence-electron chi connectivity index (χ2n) is 4.01. The molecular formula is C11H21N5O. The van der Waals surface area contributed by atoms with Crippen LogP contribution in [0.25, 0.3) is 0 Å². The van der Waals surface area contributed by atoms with Crippen molar-refractivity contribution in [3.05, 3.63) is 6.20 Å². The number of hydrogen-bond donors (Lipinski definition) is 2. The Morgan fingerprint density at radius 2 is 2.35 bits per heavy atom. The number of rotatable bonds is 6. The average molecular weight is 239 g/mol. The number of carbonyl (C=O) groups is 1. The van der Waals surface area contributed by atoms with E-state index < -0.39 is 0 Å². The molecule has 0 atom stereocenters. The molecule has 0 fully saturated rings. The molecule has 17 heavy (non-hydrogen) atoms. The van der Waals surface area contributed by atoms with Gasteiger partial charge in [0.05, 0.1) is 6.20 Å². The molecule has 0 saturated heterocycles. The van der Waals surface area contributed by atoms with Crippen molar-refractivity contribution in [2.75, 3.05) is 30.4 Å². The zero-order chi connectivity index (χ0) is 12.8. The molecule has 0 bridgehead atoms. The van der Waals surface area contributed by atoms with Crippen molar-refractivity contribution in [3.63, 3.8) is 0 Å². The first-order valence-corrected chi connectivity index (χ1v) is 5.83. The SMILES string of the molecule is CCCN(C)c1c(NC(=O)CCN)cnn1C. The minimum absolute atomic E-state index is 0.0772. The highest BCUT2D eigenvalue weighted by atomic mass is 16.1. The molecule has 1 rings (SSSR count). The summed E-state index contributed by atoms with van der Waals surface area (Å²) in [6.07, 6.45) is 3.03. The van der Waals surface area contributed by atoms with Crippen LogP contribution in [0.4, 0.5) is 11.5 Å². The standard InChI is InChI=1S/C11H21N5O/c1-4-7-15(2)11-9(8-13-16(11)3)14-10(17)5-6-12/h8H,4-7,12H2,1-3H3,(H,14,17). The van der Waals surface area contributed by atoms with E-state index in [0.717, 1.165) is 24.5 Å². The van der Waals surface area contributed by atoms with E-state index in [0.29, 0.717) is 13.0 Å². The molecular weight excluding hydrogens is 218 g/mol. The zero-order valence-corrected chi connectivity index (χ0v) is 10.7. The van der Waals surface area contributed by atoms with Gasteiger partial charge in [-0.2, -0.15) is 5.10 Å². The van der Waals surface area contributed by atoms with Gasteiger partial charge in [0.15, 0.2) is 0 Å². The summed E-state index contributed by atoms with van der Waals surface area (Å²) in [5.74, 6) is 0.837. The van der Waals surface area contributed by atoms with E-state index in [1.54, 1.807) is 10.9 Å². The number of nitrogens with one attached hydrogen (secondary N) is 1. The molecule has 1 amide bonds. The van der Waals surface area contributed by atoms with Crippen molar-refractivity contribution < 1.29 is 4.79 Å². The highest BCUT2D eigenvalue weighted by molar-refractivity contribution is 5.93. The van der Waals surface area contributed by atoms with Gasteiger partial charge in [-0.1, -0.05) is 6.92 Å². The number of carbonyl (C=O) groups excluding carboxylic acids is 1. The van der Waals surface area contributed by atoms with Crippen LogP contribution in [0, 0.1) is 0 Å². The number of aromatic nitrogens is 2. The molecule has 0 radical (unpaired) electrons. The molecule has 0 spiro atoms. The van der Waals surface area contributed by atoms with E-state index in [4.69, 9.17) is 5.73 Å². The van der Waals surface area contributed by atoms with E-state index in [2.05, 4.69) is 22.2 Å². The minimum Gasteiger partial charge on any atom is -0.358 e. The highest BCUT2D eigenvalue weighted by Crippen LogP contribution is 2.24. The average Bonchev–Trinajstić information content (AvgIpc) is 2.60. The van der Waals surface area contributed by atoms with Crippen molar-refractivity contribution in [3.8, 4) is 0 Å². The number of anilines is 2. The monoisotopic (exact) mass is 239 g/mol. The van der Waals surface area contributed by atoms with Crippen LogP contribution in [0.2, 0.25) is 0 Å². The van der Waals surface area contributed by atoms with Crippen LogP contribution in [0.3, 0.4) is 0 Å². The maximum absolute atomic E-state index is 11.5. The normalized spacial score (nSPS) is 10.4. The maximum atomic E-state index is 11.5. The van der Waals surface area contributed by atoms with Crippen LogP contribution < -0.4 is 16.0 Å². The van der Waals surface area contributed by atoms with Crippen LogP contribution >= 0.6 is 0 Å². The van der Waals surface area contributed by atoms with Gasteiger partial charge in [0.25, 0.3) is 0 Å². The quantitative estimate of drug-likeness (QED) is 0.760. The van der Waals surface area contributed by atoms with Gasteiger partial charge in [0, 0.05) is 33.6 Å². The molecule has 0 saturated carbocycles. The molecule has 96 valence electrons. The summed E-state index contributed by atoms with van der Waals surface area (Å²) in [4.78, 5) is 13.6. The van der Waals surface area contributed by atoms with Crippen molar-refractivity contribution in [1.82, 2.24) is 9.78 Å². The Morgan fingerprint density at radius 3 is 2.94 bits per heavy atom. The molecule has 6 heteroatoms. The highest BCUT2D eigenvalue weighted by Gasteiger charge is 2.14. The maximum Gasteiger partial charge on any atom is 0.225 e. The minimum atomic E-state index is -0.0772. The Kier molecular flexibility index (Phi) is 4.96. The summed E-state index contributed by atoms with van der Waals surface area (Å²) >= 11 is 0. The van der Waals surface area contributed by atoms with Crippen LogP contribution in [0.15, 0.2) is 6.20 Å². The van der Waals surface area contributed by atoms with Crippen LogP contribution in [-0.2, 0) is 11.8 Å². The first kappa shape index (κ1) is 13.5.